The molecule has 0 bridgehead atoms. The first-order valence-corrected chi connectivity index (χ1v) is 9.30. The van der Waals surface area contributed by atoms with Gasteiger partial charge in [0.2, 0.25) is 0 Å². The summed E-state index contributed by atoms with van der Waals surface area (Å²) < 4.78 is 1.01. The van der Waals surface area contributed by atoms with E-state index >= 15 is 0 Å². The van der Waals surface area contributed by atoms with E-state index in [9.17, 15) is 0 Å². The van der Waals surface area contributed by atoms with Gasteiger partial charge in [0.15, 0.2) is 0 Å². The van der Waals surface area contributed by atoms with Gasteiger partial charge in [-0.05, 0) is 68.2 Å². The third-order valence-electron chi connectivity index (χ3n) is 4.06. The maximum Gasteiger partial charge on any atom is 0.101 e. The van der Waals surface area contributed by atoms with Crippen LogP contribution in [0.4, 0.5) is 0 Å². The number of benzene rings is 1. The molecule has 2 nitrogen and oxygen atoms in total. The van der Waals surface area contributed by atoms with Gasteiger partial charge in [0.1, 0.15) is 6.07 Å². The Bertz CT molecular complexity index is 574. The lowest BCUT2D eigenvalue weighted by atomic mass is 9.89. The minimum Gasteiger partial charge on any atom is -0.393 e. The molecule has 126 valence electrons. The number of allylic oxidation sites excluding steroid dienone is 1. The molecule has 1 fully saturated rings. The van der Waals surface area contributed by atoms with Gasteiger partial charge >= 0.3 is 0 Å². The largest absolute Gasteiger partial charge is 0.393 e. The zero-order chi connectivity index (χ0) is 17.4. The standard InChI is InChI=1S/C12H11BrClN.C7H14O/c1-3-4-11(13)10-6-9(7-15)12(14)5-8(10)2;1-6-2-4-7(8)5-3-6/h4-6H,3H2,1-2H3;6-8H,2-5H2,1H3/b11-4+;. The topological polar surface area (TPSA) is 44.0 Å². The molecule has 2 rings (SSSR count). The van der Waals surface area contributed by atoms with Crippen molar-refractivity contribution in [1.82, 2.24) is 0 Å². The van der Waals surface area contributed by atoms with Crippen LogP contribution in [0.3, 0.4) is 0 Å². The van der Waals surface area contributed by atoms with E-state index < -0.39 is 0 Å². The Morgan fingerprint density at radius 3 is 2.48 bits per heavy atom. The summed E-state index contributed by atoms with van der Waals surface area (Å²) in [6.07, 6.45) is 7.54. The van der Waals surface area contributed by atoms with Gasteiger partial charge < -0.3 is 5.11 Å². The average Bonchev–Trinajstić information content (AvgIpc) is 2.51. The number of halogens is 2. The molecule has 1 aromatic carbocycles. The molecule has 0 aliphatic heterocycles. The zero-order valence-corrected chi connectivity index (χ0v) is 16.4. The van der Waals surface area contributed by atoms with E-state index in [0.29, 0.717) is 10.6 Å². The molecule has 0 heterocycles. The lowest BCUT2D eigenvalue weighted by molar-refractivity contribution is 0.112. The summed E-state index contributed by atoms with van der Waals surface area (Å²) in [7, 11) is 0. The van der Waals surface area contributed by atoms with Gasteiger partial charge in [0.05, 0.1) is 16.7 Å². The Balaban J connectivity index is 0.000000277. The molecule has 0 unspecified atom stereocenters. The van der Waals surface area contributed by atoms with Crippen molar-refractivity contribution in [2.75, 3.05) is 0 Å². The molecule has 0 saturated heterocycles. The van der Waals surface area contributed by atoms with Crippen LogP contribution in [0.2, 0.25) is 5.02 Å². The molecule has 0 aromatic heterocycles. The smallest absolute Gasteiger partial charge is 0.101 e. The number of aryl methyl sites for hydroxylation is 1. The highest BCUT2D eigenvalue weighted by Gasteiger charge is 2.14. The molecule has 0 radical (unpaired) electrons. The Labute approximate surface area is 153 Å². The summed E-state index contributed by atoms with van der Waals surface area (Å²) in [6, 6.07) is 5.71. The van der Waals surface area contributed by atoms with Crippen LogP contribution in [-0.2, 0) is 0 Å². The van der Waals surface area contributed by atoms with Crippen molar-refractivity contribution in [3.8, 4) is 6.07 Å². The molecule has 4 heteroatoms. The predicted molar refractivity (Wildman–Crippen MR) is 102 cm³/mol. The fourth-order valence-corrected chi connectivity index (χ4v) is 3.56. The van der Waals surface area contributed by atoms with E-state index in [1.807, 2.05) is 19.1 Å². The second-order valence-electron chi connectivity index (χ2n) is 6.13. The predicted octanol–water partition coefficient (Wildman–Crippen LogP) is 6.22. The van der Waals surface area contributed by atoms with Crippen molar-refractivity contribution in [2.24, 2.45) is 5.92 Å². The van der Waals surface area contributed by atoms with Crippen LogP contribution in [-0.4, -0.2) is 11.2 Å². The number of nitrogens with zero attached hydrogens (tertiary/aromatic N) is 1. The van der Waals surface area contributed by atoms with Crippen LogP contribution in [0, 0.1) is 24.2 Å². The second kappa shape index (κ2) is 10.1. The lowest BCUT2D eigenvalue weighted by Crippen LogP contribution is -2.15. The van der Waals surface area contributed by atoms with E-state index in [1.165, 1.54) is 12.8 Å². The van der Waals surface area contributed by atoms with Gasteiger partial charge in [-0.1, -0.05) is 47.5 Å². The van der Waals surface area contributed by atoms with Crippen LogP contribution >= 0.6 is 27.5 Å². The summed E-state index contributed by atoms with van der Waals surface area (Å²) in [5, 5.41) is 18.4. The first-order chi connectivity index (χ1) is 10.9. The van der Waals surface area contributed by atoms with E-state index in [2.05, 4.69) is 41.9 Å². The van der Waals surface area contributed by atoms with Crippen molar-refractivity contribution in [3.05, 3.63) is 39.9 Å². The molecule has 1 aromatic rings. The zero-order valence-electron chi connectivity index (χ0n) is 14.1. The number of hydrogen-bond acceptors (Lipinski definition) is 2. The van der Waals surface area contributed by atoms with E-state index in [0.717, 1.165) is 40.8 Å². The molecule has 23 heavy (non-hydrogen) atoms. The summed E-state index contributed by atoms with van der Waals surface area (Å²) in [5.41, 5.74) is 2.60. The third-order valence-corrected chi connectivity index (χ3v) is 5.12. The van der Waals surface area contributed by atoms with Crippen LogP contribution in [0.1, 0.15) is 62.6 Å². The maximum absolute atomic E-state index is 9.03. The molecule has 0 amide bonds. The normalized spacial score (nSPS) is 21.2. The Morgan fingerprint density at radius 1 is 1.39 bits per heavy atom. The number of aliphatic hydroxyl groups is 1. The molecule has 0 spiro atoms. The first kappa shape index (κ1) is 20.2. The summed E-state index contributed by atoms with van der Waals surface area (Å²) in [5.74, 6) is 0.860. The summed E-state index contributed by atoms with van der Waals surface area (Å²) in [6.45, 7) is 6.30. The van der Waals surface area contributed by atoms with Crippen LogP contribution in [0.15, 0.2) is 18.2 Å². The minimum absolute atomic E-state index is 0.0196. The van der Waals surface area contributed by atoms with Crippen molar-refractivity contribution in [1.29, 1.82) is 5.26 Å². The maximum atomic E-state index is 9.03. The molecule has 1 N–H and O–H groups in total. The first-order valence-electron chi connectivity index (χ1n) is 8.13. The number of nitriles is 1. The average molecular weight is 399 g/mol. The van der Waals surface area contributed by atoms with Crippen molar-refractivity contribution < 1.29 is 5.11 Å². The minimum atomic E-state index is 0.0196. The van der Waals surface area contributed by atoms with Gasteiger partial charge in [-0.2, -0.15) is 5.26 Å². The van der Waals surface area contributed by atoms with Crippen molar-refractivity contribution in [2.45, 2.75) is 59.0 Å². The van der Waals surface area contributed by atoms with Gasteiger partial charge in [-0.25, -0.2) is 0 Å². The Morgan fingerprint density at radius 2 is 2.00 bits per heavy atom. The quantitative estimate of drug-likeness (QED) is 0.642. The molecule has 0 atom stereocenters. The lowest BCUT2D eigenvalue weighted by Gasteiger charge is -2.21. The molecule has 1 aliphatic carbocycles. The fraction of sp³-hybridized carbons (Fsp3) is 0.526. The Kier molecular flexibility index (Phi) is 8.91. The highest BCUT2D eigenvalue weighted by molar-refractivity contribution is 9.15. The van der Waals surface area contributed by atoms with Gasteiger partial charge in [-0.3, -0.25) is 0 Å². The van der Waals surface area contributed by atoms with Crippen LogP contribution in [0.25, 0.3) is 4.48 Å². The number of aliphatic hydroxyl groups excluding tert-OH is 1. The molecular formula is C19H25BrClNO. The van der Waals surface area contributed by atoms with E-state index in [4.69, 9.17) is 22.0 Å². The third kappa shape index (κ3) is 6.67. The number of hydrogen-bond donors (Lipinski definition) is 1. The highest BCUT2D eigenvalue weighted by atomic mass is 79.9. The van der Waals surface area contributed by atoms with E-state index in [1.54, 1.807) is 0 Å². The molecular weight excluding hydrogens is 374 g/mol. The molecule has 1 aliphatic rings. The highest BCUT2D eigenvalue weighted by Crippen LogP contribution is 2.29. The number of rotatable bonds is 2. The van der Waals surface area contributed by atoms with Gasteiger partial charge in [0, 0.05) is 4.48 Å². The second-order valence-corrected chi connectivity index (χ2v) is 7.39. The summed E-state index contributed by atoms with van der Waals surface area (Å²) in [4.78, 5) is 0. The van der Waals surface area contributed by atoms with Gasteiger partial charge in [-0.15, -0.1) is 0 Å². The van der Waals surface area contributed by atoms with Crippen LogP contribution in [0.5, 0.6) is 0 Å². The fourth-order valence-electron chi connectivity index (χ4n) is 2.55. The monoisotopic (exact) mass is 397 g/mol. The van der Waals surface area contributed by atoms with Crippen molar-refractivity contribution >= 4 is 32.0 Å². The molecule has 1 saturated carbocycles. The SMILES string of the molecule is CC/C=C(/Br)c1cc(C#N)c(Cl)cc1C.CC1CCC(O)CC1. The van der Waals surface area contributed by atoms with Crippen molar-refractivity contribution in [3.63, 3.8) is 0 Å². The van der Waals surface area contributed by atoms with Crippen LogP contribution < -0.4 is 0 Å². The summed E-state index contributed by atoms with van der Waals surface area (Å²) >= 11 is 9.42. The Hall–Kier alpha value is -0.820. The van der Waals surface area contributed by atoms with E-state index in [-0.39, 0.29) is 6.10 Å². The van der Waals surface area contributed by atoms with Gasteiger partial charge in [0.25, 0.3) is 0 Å².